The first-order valence-electron chi connectivity index (χ1n) is 5.96. The zero-order valence-corrected chi connectivity index (χ0v) is 10.4. The number of aromatic nitrogens is 1. The third-order valence-electron chi connectivity index (χ3n) is 3.00. The maximum absolute atomic E-state index is 8.95. The molecule has 0 aliphatic carbocycles. The highest BCUT2D eigenvalue weighted by atomic mass is 16.3. The van der Waals surface area contributed by atoms with Gasteiger partial charge in [-0.3, -0.25) is 4.98 Å². The van der Waals surface area contributed by atoms with Crippen molar-refractivity contribution in [1.29, 1.82) is 0 Å². The molecule has 1 heterocycles. The predicted octanol–water partition coefficient (Wildman–Crippen LogP) is 2.20. The van der Waals surface area contributed by atoms with Crippen LogP contribution in [0.5, 0.6) is 0 Å². The fourth-order valence-corrected chi connectivity index (χ4v) is 1.93. The van der Waals surface area contributed by atoms with Crippen molar-refractivity contribution in [3.63, 3.8) is 0 Å². The normalized spacial score (nSPS) is 14.8. The lowest BCUT2D eigenvalue weighted by Gasteiger charge is -2.22. The van der Waals surface area contributed by atoms with Crippen LogP contribution < -0.4 is 5.32 Å². The Hall–Kier alpha value is -0.930. The van der Waals surface area contributed by atoms with Crippen LogP contribution in [-0.4, -0.2) is 22.7 Å². The number of hydrogen-bond donors (Lipinski definition) is 2. The topological polar surface area (TPSA) is 45.1 Å². The molecule has 2 N–H and O–H groups in total. The average molecular weight is 222 g/mol. The van der Waals surface area contributed by atoms with Crippen LogP contribution in [-0.2, 0) is 0 Å². The number of hydrogen-bond acceptors (Lipinski definition) is 3. The van der Waals surface area contributed by atoms with Gasteiger partial charge in [0.2, 0.25) is 0 Å². The number of nitrogens with zero attached hydrogens (tertiary/aromatic N) is 1. The third-order valence-corrected chi connectivity index (χ3v) is 3.00. The van der Waals surface area contributed by atoms with Crippen molar-refractivity contribution >= 4 is 0 Å². The molecule has 0 amide bonds. The molecular formula is C13H22N2O. The molecule has 3 nitrogen and oxygen atoms in total. The zero-order chi connectivity index (χ0) is 12.0. The fraction of sp³-hybridized carbons (Fsp3) is 0.615. The van der Waals surface area contributed by atoms with E-state index < -0.39 is 0 Å². The van der Waals surface area contributed by atoms with Crippen molar-refractivity contribution in [1.82, 2.24) is 10.3 Å². The van der Waals surface area contributed by atoms with Crippen molar-refractivity contribution in [2.45, 2.75) is 45.7 Å². The lowest BCUT2D eigenvalue weighted by Crippen LogP contribution is -2.32. The summed E-state index contributed by atoms with van der Waals surface area (Å²) in [4.78, 5) is 4.16. The van der Waals surface area contributed by atoms with E-state index in [4.69, 9.17) is 5.11 Å². The summed E-state index contributed by atoms with van der Waals surface area (Å²) in [5, 5.41) is 12.5. The Kier molecular flexibility index (Phi) is 5.43. The molecule has 0 bridgehead atoms. The lowest BCUT2D eigenvalue weighted by atomic mass is 10.0. The Labute approximate surface area is 97.9 Å². The predicted molar refractivity (Wildman–Crippen MR) is 66.3 cm³/mol. The quantitative estimate of drug-likeness (QED) is 0.775. The van der Waals surface area contributed by atoms with Gasteiger partial charge in [0, 0.05) is 31.1 Å². The second kappa shape index (κ2) is 6.61. The molecule has 16 heavy (non-hydrogen) atoms. The molecule has 0 aliphatic rings. The van der Waals surface area contributed by atoms with Gasteiger partial charge in [0.1, 0.15) is 0 Å². The maximum atomic E-state index is 8.95. The summed E-state index contributed by atoms with van der Waals surface area (Å²) in [6.07, 6.45) is 5.57. The Bertz CT molecular complexity index is 315. The highest BCUT2D eigenvalue weighted by molar-refractivity contribution is 5.24. The van der Waals surface area contributed by atoms with Crippen molar-refractivity contribution in [3.05, 3.63) is 29.6 Å². The van der Waals surface area contributed by atoms with Crippen LogP contribution >= 0.6 is 0 Å². The van der Waals surface area contributed by atoms with Gasteiger partial charge in [-0.05, 0) is 43.9 Å². The summed E-state index contributed by atoms with van der Waals surface area (Å²) >= 11 is 0. The van der Waals surface area contributed by atoms with E-state index in [2.05, 4.69) is 31.1 Å². The molecule has 0 aromatic carbocycles. The SMILES string of the molecule is CCC(CCO)NC(C)c1cnccc1C. The largest absolute Gasteiger partial charge is 0.396 e. The maximum Gasteiger partial charge on any atom is 0.0445 e. The van der Waals surface area contributed by atoms with E-state index in [9.17, 15) is 0 Å². The molecule has 90 valence electrons. The van der Waals surface area contributed by atoms with Crippen LogP contribution in [0.3, 0.4) is 0 Å². The van der Waals surface area contributed by atoms with Crippen LogP contribution in [0.2, 0.25) is 0 Å². The number of nitrogens with one attached hydrogen (secondary N) is 1. The Morgan fingerprint density at radius 1 is 1.50 bits per heavy atom. The highest BCUT2D eigenvalue weighted by Crippen LogP contribution is 2.17. The van der Waals surface area contributed by atoms with Gasteiger partial charge in [0.05, 0.1) is 0 Å². The Morgan fingerprint density at radius 2 is 2.25 bits per heavy atom. The highest BCUT2D eigenvalue weighted by Gasteiger charge is 2.12. The minimum atomic E-state index is 0.240. The summed E-state index contributed by atoms with van der Waals surface area (Å²) < 4.78 is 0. The molecule has 0 saturated carbocycles. The first kappa shape index (κ1) is 13.1. The van der Waals surface area contributed by atoms with Crippen molar-refractivity contribution in [2.75, 3.05) is 6.61 Å². The summed E-state index contributed by atoms with van der Waals surface area (Å²) in [6.45, 7) is 6.62. The second-order valence-electron chi connectivity index (χ2n) is 4.24. The molecule has 0 aliphatic heterocycles. The molecule has 2 atom stereocenters. The average Bonchev–Trinajstić information content (AvgIpc) is 2.28. The minimum absolute atomic E-state index is 0.240. The van der Waals surface area contributed by atoms with Crippen molar-refractivity contribution in [2.24, 2.45) is 0 Å². The molecule has 1 aromatic heterocycles. The van der Waals surface area contributed by atoms with Crippen molar-refractivity contribution < 1.29 is 5.11 Å². The number of aryl methyl sites for hydroxylation is 1. The first-order chi connectivity index (χ1) is 7.69. The van der Waals surface area contributed by atoms with E-state index in [0.29, 0.717) is 6.04 Å². The molecule has 2 unspecified atom stereocenters. The van der Waals surface area contributed by atoms with E-state index >= 15 is 0 Å². The standard InChI is InChI=1S/C13H22N2O/c1-4-12(6-8-16)15-11(3)13-9-14-7-5-10(13)2/h5,7,9,11-12,15-16H,4,6,8H2,1-3H3. The molecule has 3 heteroatoms. The summed E-state index contributed by atoms with van der Waals surface area (Å²) in [6, 6.07) is 2.69. The van der Waals surface area contributed by atoms with Gasteiger partial charge in [0.15, 0.2) is 0 Å². The monoisotopic (exact) mass is 222 g/mol. The van der Waals surface area contributed by atoms with Crippen LogP contribution in [0.15, 0.2) is 18.5 Å². The number of aliphatic hydroxyl groups is 1. The van der Waals surface area contributed by atoms with E-state index in [0.717, 1.165) is 12.8 Å². The van der Waals surface area contributed by atoms with Gasteiger partial charge in [-0.25, -0.2) is 0 Å². The van der Waals surface area contributed by atoms with E-state index in [1.165, 1.54) is 11.1 Å². The summed E-state index contributed by atoms with van der Waals surface area (Å²) in [5.41, 5.74) is 2.49. The smallest absolute Gasteiger partial charge is 0.0445 e. The number of aliphatic hydroxyl groups excluding tert-OH is 1. The van der Waals surface area contributed by atoms with E-state index in [1.807, 2.05) is 18.5 Å². The first-order valence-corrected chi connectivity index (χ1v) is 5.96. The molecule has 0 radical (unpaired) electrons. The molecule has 0 saturated heterocycles. The molecule has 1 rings (SSSR count). The van der Waals surface area contributed by atoms with Gasteiger partial charge in [0.25, 0.3) is 0 Å². The van der Waals surface area contributed by atoms with Crippen LogP contribution in [0.4, 0.5) is 0 Å². The van der Waals surface area contributed by atoms with Crippen molar-refractivity contribution in [3.8, 4) is 0 Å². The van der Waals surface area contributed by atoms with E-state index in [1.54, 1.807) is 0 Å². The van der Waals surface area contributed by atoms with E-state index in [-0.39, 0.29) is 12.6 Å². The van der Waals surface area contributed by atoms with Crippen LogP contribution in [0, 0.1) is 6.92 Å². The number of pyridine rings is 1. The zero-order valence-electron chi connectivity index (χ0n) is 10.4. The van der Waals surface area contributed by atoms with Gasteiger partial charge >= 0.3 is 0 Å². The summed E-state index contributed by atoms with van der Waals surface area (Å²) in [5.74, 6) is 0. The van der Waals surface area contributed by atoms with Crippen LogP contribution in [0.25, 0.3) is 0 Å². The Morgan fingerprint density at radius 3 is 2.81 bits per heavy atom. The van der Waals surface area contributed by atoms with Gasteiger partial charge in [-0.1, -0.05) is 6.92 Å². The van der Waals surface area contributed by atoms with Gasteiger partial charge < -0.3 is 10.4 Å². The molecule has 0 spiro atoms. The molecular weight excluding hydrogens is 200 g/mol. The Balaban J connectivity index is 2.64. The fourth-order valence-electron chi connectivity index (χ4n) is 1.93. The molecule has 0 fully saturated rings. The van der Waals surface area contributed by atoms with Gasteiger partial charge in [-0.2, -0.15) is 0 Å². The summed E-state index contributed by atoms with van der Waals surface area (Å²) in [7, 11) is 0. The molecule has 1 aromatic rings. The third kappa shape index (κ3) is 3.58. The minimum Gasteiger partial charge on any atom is -0.396 e. The lowest BCUT2D eigenvalue weighted by molar-refractivity contribution is 0.257. The van der Waals surface area contributed by atoms with Crippen LogP contribution in [0.1, 0.15) is 43.9 Å². The van der Waals surface area contributed by atoms with Gasteiger partial charge in [-0.15, -0.1) is 0 Å². The second-order valence-corrected chi connectivity index (χ2v) is 4.24. The number of rotatable bonds is 6.